The second kappa shape index (κ2) is 3.60. The predicted octanol–water partition coefficient (Wildman–Crippen LogP) is 2.43. The summed E-state index contributed by atoms with van der Waals surface area (Å²) in [5, 5.41) is 0. The van der Waals surface area contributed by atoms with Crippen LogP contribution in [-0.4, -0.2) is 19.1 Å². The first-order chi connectivity index (χ1) is 5.54. The van der Waals surface area contributed by atoms with E-state index in [1.54, 1.807) is 13.8 Å². The van der Waals surface area contributed by atoms with Crippen LogP contribution in [0.5, 0.6) is 0 Å². The summed E-state index contributed by atoms with van der Waals surface area (Å²) >= 11 is 0. The first-order valence-corrected chi connectivity index (χ1v) is 7.18. The molecule has 0 aliphatic carbocycles. The van der Waals surface area contributed by atoms with Crippen molar-refractivity contribution in [2.24, 2.45) is 0 Å². The molecule has 1 fully saturated rings. The van der Waals surface area contributed by atoms with Gasteiger partial charge in [-0.1, -0.05) is 13.8 Å². The van der Waals surface area contributed by atoms with Crippen molar-refractivity contribution in [3.8, 4) is 0 Å². The van der Waals surface area contributed by atoms with E-state index in [1.165, 1.54) is 0 Å². The highest BCUT2D eigenvalue weighted by atomic mass is 31.3. The average molecular weight is 214 g/mol. The highest BCUT2D eigenvalue weighted by Crippen LogP contribution is 2.67. The van der Waals surface area contributed by atoms with Crippen molar-refractivity contribution < 1.29 is 22.5 Å². The Balaban J connectivity index is 2.76. The zero-order valence-corrected chi connectivity index (χ0v) is 8.85. The minimum atomic E-state index is -3.12. The zero-order chi connectivity index (χ0) is 9.24. The molecule has 0 spiro atoms. The van der Waals surface area contributed by atoms with E-state index in [2.05, 4.69) is 0 Å². The molecule has 1 rings (SSSR count). The predicted molar refractivity (Wildman–Crippen MR) is 44.4 cm³/mol. The van der Waals surface area contributed by atoms with Crippen LogP contribution in [0, 0.1) is 0 Å². The molecular formula is C5H12O5P2. The molecule has 5 nitrogen and oxygen atoms in total. The first-order valence-electron chi connectivity index (χ1n) is 3.72. The van der Waals surface area contributed by atoms with Gasteiger partial charge in [0.1, 0.15) is 0 Å². The Labute approximate surface area is 71.5 Å². The normalized spacial score (nSPS) is 42.8. The lowest BCUT2D eigenvalue weighted by Crippen LogP contribution is -2.10. The van der Waals surface area contributed by atoms with Crippen LogP contribution in [0.25, 0.3) is 0 Å². The zero-order valence-electron chi connectivity index (χ0n) is 7.06. The molecule has 0 aromatic heterocycles. The maximum absolute atomic E-state index is 11.5. The highest BCUT2D eigenvalue weighted by Gasteiger charge is 2.39. The van der Waals surface area contributed by atoms with Gasteiger partial charge in [0.15, 0.2) is 6.79 Å². The molecule has 0 bridgehead atoms. The smallest absolute Gasteiger partial charge is 0.280 e. The van der Waals surface area contributed by atoms with Crippen molar-refractivity contribution in [2.75, 3.05) is 19.1 Å². The molecule has 12 heavy (non-hydrogen) atoms. The van der Waals surface area contributed by atoms with E-state index in [9.17, 15) is 9.13 Å². The summed E-state index contributed by atoms with van der Waals surface area (Å²) < 4.78 is 37.3. The van der Waals surface area contributed by atoms with E-state index >= 15 is 0 Å². The molecule has 0 aromatic rings. The third-order valence-electron chi connectivity index (χ3n) is 1.52. The SMILES string of the molecule is CCP1(=O)OCOP(=O)(CC)O1. The Hall–Kier alpha value is 0.340. The van der Waals surface area contributed by atoms with Gasteiger partial charge in [0.05, 0.1) is 0 Å². The molecule has 1 aliphatic rings. The van der Waals surface area contributed by atoms with Gasteiger partial charge in [0.2, 0.25) is 0 Å². The standard InChI is InChI=1S/C5H12O5P2/c1-3-11(6)8-5-9-12(7,4-2)10-11/h3-5H2,1-2H3. The second-order valence-electron chi connectivity index (χ2n) is 2.31. The Kier molecular flexibility index (Phi) is 3.13. The van der Waals surface area contributed by atoms with Crippen LogP contribution in [0.2, 0.25) is 0 Å². The molecular weight excluding hydrogens is 202 g/mol. The lowest BCUT2D eigenvalue weighted by Gasteiger charge is -2.27. The second-order valence-corrected chi connectivity index (χ2v) is 7.19. The van der Waals surface area contributed by atoms with Gasteiger partial charge in [-0.15, -0.1) is 0 Å². The van der Waals surface area contributed by atoms with Gasteiger partial charge in [-0.05, 0) is 0 Å². The van der Waals surface area contributed by atoms with Crippen molar-refractivity contribution in [2.45, 2.75) is 13.8 Å². The van der Waals surface area contributed by atoms with Crippen LogP contribution in [0.1, 0.15) is 13.8 Å². The first kappa shape index (κ1) is 10.4. The van der Waals surface area contributed by atoms with Crippen LogP contribution in [0.3, 0.4) is 0 Å². The van der Waals surface area contributed by atoms with Gasteiger partial charge in [0.25, 0.3) is 0 Å². The third-order valence-corrected chi connectivity index (χ3v) is 6.06. The minimum absolute atomic E-state index is 0.198. The van der Waals surface area contributed by atoms with Gasteiger partial charge in [-0.3, -0.25) is 18.2 Å². The van der Waals surface area contributed by atoms with Gasteiger partial charge in [-0.2, -0.15) is 0 Å². The fraction of sp³-hybridized carbons (Fsp3) is 1.00. The topological polar surface area (TPSA) is 61.8 Å². The van der Waals surface area contributed by atoms with Crippen LogP contribution in [-0.2, 0) is 22.5 Å². The summed E-state index contributed by atoms with van der Waals surface area (Å²) in [6.45, 7) is 3.12. The van der Waals surface area contributed by atoms with Crippen molar-refractivity contribution in [3.63, 3.8) is 0 Å². The molecule has 7 heteroatoms. The van der Waals surface area contributed by atoms with E-state index in [1.807, 2.05) is 0 Å². The molecule has 0 N–H and O–H groups in total. The molecule has 0 radical (unpaired) electrons. The summed E-state index contributed by atoms with van der Waals surface area (Å²) in [4.78, 5) is 0. The van der Waals surface area contributed by atoms with Crippen molar-refractivity contribution >= 4 is 15.2 Å². The molecule has 0 saturated carbocycles. The van der Waals surface area contributed by atoms with Crippen LogP contribution < -0.4 is 0 Å². The van der Waals surface area contributed by atoms with Gasteiger partial charge in [-0.25, -0.2) is 4.31 Å². The summed E-state index contributed by atoms with van der Waals surface area (Å²) in [5.41, 5.74) is 0. The molecule has 0 aromatic carbocycles. The minimum Gasteiger partial charge on any atom is -0.280 e. The number of hydrogen-bond donors (Lipinski definition) is 0. The maximum atomic E-state index is 11.5. The molecule has 72 valence electrons. The molecule has 1 heterocycles. The van der Waals surface area contributed by atoms with E-state index < -0.39 is 15.2 Å². The van der Waals surface area contributed by atoms with Crippen LogP contribution >= 0.6 is 15.2 Å². The Morgan fingerprint density at radius 2 is 1.50 bits per heavy atom. The maximum Gasteiger partial charge on any atom is 0.339 e. The summed E-state index contributed by atoms with van der Waals surface area (Å²) in [5.74, 6) is 0. The lowest BCUT2D eigenvalue weighted by molar-refractivity contribution is 0.0681. The summed E-state index contributed by atoms with van der Waals surface area (Å²) in [6, 6.07) is 0. The van der Waals surface area contributed by atoms with E-state index in [0.29, 0.717) is 0 Å². The summed E-state index contributed by atoms with van der Waals surface area (Å²) in [7, 11) is -6.24. The van der Waals surface area contributed by atoms with Crippen molar-refractivity contribution in [3.05, 3.63) is 0 Å². The fourth-order valence-electron chi connectivity index (χ4n) is 0.719. The molecule has 2 atom stereocenters. The van der Waals surface area contributed by atoms with Gasteiger partial charge < -0.3 is 0 Å². The van der Waals surface area contributed by atoms with Crippen LogP contribution in [0.15, 0.2) is 0 Å². The van der Waals surface area contributed by atoms with Gasteiger partial charge in [0, 0.05) is 12.3 Å². The molecule has 1 aliphatic heterocycles. The van der Waals surface area contributed by atoms with E-state index in [0.717, 1.165) is 0 Å². The quantitative estimate of drug-likeness (QED) is 0.660. The largest absolute Gasteiger partial charge is 0.339 e. The number of hydrogen-bond acceptors (Lipinski definition) is 5. The number of rotatable bonds is 2. The molecule has 2 unspecified atom stereocenters. The summed E-state index contributed by atoms with van der Waals surface area (Å²) in [6.07, 6.45) is 0.445. The average Bonchev–Trinajstić information content (AvgIpc) is 2.05. The Morgan fingerprint density at radius 1 is 1.08 bits per heavy atom. The van der Waals surface area contributed by atoms with Gasteiger partial charge >= 0.3 is 15.2 Å². The fourth-order valence-corrected chi connectivity index (χ4v) is 4.41. The monoisotopic (exact) mass is 214 g/mol. The lowest BCUT2D eigenvalue weighted by atomic mass is 11.0. The third kappa shape index (κ3) is 2.18. The Morgan fingerprint density at radius 3 is 1.83 bits per heavy atom. The Bertz CT molecular complexity index is 226. The van der Waals surface area contributed by atoms with Crippen LogP contribution in [0.4, 0.5) is 0 Å². The van der Waals surface area contributed by atoms with Crippen molar-refractivity contribution in [1.82, 2.24) is 0 Å². The van der Waals surface area contributed by atoms with E-state index in [-0.39, 0.29) is 19.1 Å². The molecule has 0 amide bonds. The van der Waals surface area contributed by atoms with E-state index in [4.69, 9.17) is 13.4 Å². The van der Waals surface area contributed by atoms with Crippen molar-refractivity contribution in [1.29, 1.82) is 0 Å². The highest BCUT2D eigenvalue weighted by molar-refractivity contribution is 7.67. The molecule has 1 saturated heterocycles.